The molecular formula is C46H47ClN8O4. The summed E-state index contributed by atoms with van der Waals surface area (Å²) in [7, 11) is 5.24. The number of hydrogen-bond donors (Lipinski definition) is 3. The number of likely N-dealkylation sites (tertiary alicyclic amines) is 2. The number of carboxylic acid groups (broad SMARTS) is 1. The Kier molecular flexibility index (Phi) is 11.4. The topological polar surface area (TPSA) is 142 Å². The highest BCUT2D eigenvalue weighted by Crippen LogP contribution is 2.38. The molecule has 3 N–H and O–H groups in total. The molecule has 2 fully saturated rings. The van der Waals surface area contributed by atoms with Gasteiger partial charge in [0.2, 0.25) is 5.91 Å². The summed E-state index contributed by atoms with van der Waals surface area (Å²) in [6.45, 7) is 1.18. The van der Waals surface area contributed by atoms with Gasteiger partial charge in [-0.3, -0.25) is 19.4 Å². The van der Waals surface area contributed by atoms with Crippen molar-refractivity contribution in [3.63, 3.8) is 0 Å². The number of nitrogens with zero attached hydrogens (tertiary/aromatic N) is 6. The zero-order valence-corrected chi connectivity index (χ0v) is 34.0. The van der Waals surface area contributed by atoms with Crippen LogP contribution in [0, 0.1) is 0 Å². The molecule has 302 valence electrons. The number of aromatic nitrogens is 4. The SMILES string of the molecule is CN(C)[C@@H](C(=O)N1CCC[C@H]1c1ncc(-c2ccc(-c3ccc(-c4cnc([C@@H]5CCCN5C(=O)[C@@H](c5ccccc5)N(C)C(=O)O)[nH]4)cc3)cc2)[nH]1)c1ccccc1Cl. The van der Waals surface area contributed by atoms with Gasteiger partial charge in [0.25, 0.3) is 5.91 Å². The minimum Gasteiger partial charge on any atom is -0.465 e. The summed E-state index contributed by atoms with van der Waals surface area (Å²) in [5, 5.41) is 10.4. The highest BCUT2D eigenvalue weighted by molar-refractivity contribution is 6.31. The average Bonchev–Trinajstić information content (AvgIpc) is 4.09. The summed E-state index contributed by atoms with van der Waals surface area (Å²) >= 11 is 6.55. The molecule has 4 atom stereocenters. The van der Waals surface area contributed by atoms with Crippen LogP contribution < -0.4 is 0 Å². The van der Waals surface area contributed by atoms with Crippen LogP contribution in [0.1, 0.15) is 72.6 Å². The van der Waals surface area contributed by atoms with Gasteiger partial charge in [-0.25, -0.2) is 14.8 Å². The van der Waals surface area contributed by atoms with E-state index in [1.807, 2.05) is 84.7 Å². The second kappa shape index (κ2) is 16.9. The van der Waals surface area contributed by atoms with Crippen molar-refractivity contribution in [2.45, 2.75) is 49.9 Å². The summed E-state index contributed by atoms with van der Waals surface area (Å²) in [6, 6.07) is 31.2. The number of carbonyl (C=O) groups excluding carboxylic acids is 2. The molecular weight excluding hydrogens is 764 g/mol. The Morgan fingerprint density at radius 1 is 0.661 bits per heavy atom. The predicted molar refractivity (Wildman–Crippen MR) is 227 cm³/mol. The third-order valence-electron chi connectivity index (χ3n) is 11.6. The Balaban J connectivity index is 0.936. The van der Waals surface area contributed by atoms with E-state index in [4.69, 9.17) is 21.6 Å². The lowest BCUT2D eigenvalue weighted by atomic mass is 10.0. The summed E-state index contributed by atoms with van der Waals surface area (Å²) < 4.78 is 0. The number of imidazole rings is 2. The first-order chi connectivity index (χ1) is 28.6. The number of H-pyrrole nitrogens is 2. The number of benzene rings is 4. The second-order valence-corrected chi connectivity index (χ2v) is 15.9. The molecule has 0 radical (unpaired) electrons. The van der Waals surface area contributed by atoms with E-state index in [1.54, 1.807) is 23.2 Å². The quantitative estimate of drug-likeness (QED) is 0.119. The molecule has 2 saturated heterocycles. The zero-order chi connectivity index (χ0) is 41.2. The van der Waals surface area contributed by atoms with Crippen LogP contribution in [0.15, 0.2) is 116 Å². The number of carbonyl (C=O) groups is 3. The van der Waals surface area contributed by atoms with Crippen molar-refractivity contribution >= 4 is 29.5 Å². The van der Waals surface area contributed by atoms with E-state index >= 15 is 0 Å². The fourth-order valence-electron chi connectivity index (χ4n) is 8.54. The van der Waals surface area contributed by atoms with E-state index < -0.39 is 18.2 Å². The van der Waals surface area contributed by atoms with Gasteiger partial charge in [0.05, 0.1) is 35.9 Å². The van der Waals surface area contributed by atoms with Crippen LogP contribution in [-0.4, -0.2) is 96.8 Å². The monoisotopic (exact) mass is 810 g/mol. The summed E-state index contributed by atoms with van der Waals surface area (Å²) in [5.74, 6) is 1.21. The Hall–Kier alpha value is -6.24. The van der Waals surface area contributed by atoms with Crippen molar-refractivity contribution in [3.05, 3.63) is 143 Å². The molecule has 4 heterocycles. The molecule has 59 heavy (non-hydrogen) atoms. The average molecular weight is 811 g/mol. The molecule has 0 bridgehead atoms. The van der Waals surface area contributed by atoms with Crippen LogP contribution in [0.25, 0.3) is 33.6 Å². The molecule has 0 aliphatic carbocycles. The molecule has 2 aliphatic rings. The molecule has 12 nitrogen and oxygen atoms in total. The van der Waals surface area contributed by atoms with Crippen molar-refractivity contribution in [3.8, 4) is 33.6 Å². The number of likely N-dealkylation sites (N-methyl/N-ethyl adjacent to an activating group) is 2. The Morgan fingerprint density at radius 3 is 1.59 bits per heavy atom. The van der Waals surface area contributed by atoms with Crippen LogP contribution in [0.5, 0.6) is 0 Å². The minimum atomic E-state index is -1.17. The minimum absolute atomic E-state index is 0.0132. The van der Waals surface area contributed by atoms with Crippen molar-refractivity contribution in [2.24, 2.45) is 0 Å². The molecule has 0 unspecified atom stereocenters. The second-order valence-electron chi connectivity index (χ2n) is 15.5. The van der Waals surface area contributed by atoms with Crippen molar-refractivity contribution in [1.29, 1.82) is 0 Å². The van der Waals surface area contributed by atoms with Crippen LogP contribution in [-0.2, 0) is 9.59 Å². The van der Waals surface area contributed by atoms with E-state index in [0.717, 1.165) is 75.6 Å². The number of aromatic amines is 2. The number of nitrogens with one attached hydrogen (secondary N) is 2. The van der Waals surface area contributed by atoms with E-state index in [1.165, 1.54) is 7.05 Å². The van der Waals surface area contributed by atoms with E-state index in [2.05, 4.69) is 46.4 Å². The fourth-order valence-corrected chi connectivity index (χ4v) is 8.78. The maximum atomic E-state index is 14.0. The molecule has 2 aromatic heterocycles. The highest BCUT2D eigenvalue weighted by Gasteiger charge is 2.40. The van der Waals surface area contributed by atoms with Gasteiger partial charge in [0.15, 0.2) is 0 Å². The van der Waals surface area contributed by atoms with Gasteiger partial charge in [-0.05, 0) is 79.2 Å². The van der Waals surface area contributed by atoms with Crippen LogP contribution in [0.2, 0.25) is 5.02 Å². The smallest absolute Gasteiger partial charge is 0.407 e. The molecule has 8 rings (SSSR count). The van der Waals surface area contributed by atoms with E-state index in [0.29, 0.717) is 29.5 Å². The first kappa shape index (κ1) is 39.6. The van der Waals surface area contributed by atoms with Gasteiger partial charge in [0, 0.05) is 25.2 Å². The van der Waals surface area contributed by atoms with E-state index in [9.17, 15) is 19.5 Å². The Morgan fingerprint density at radius 2 is 1.12 bits per heavy atom. The number of halogens is 1. The van der Waals surface area contributed by atoms with Gasteiger partial charge in [-0.2, -0.15) is 0 Å². The molecule has 2 aliphatic heterocycles. The Bertz CT molecular complexity index is 2430. The largest absolute Gasteiger partial charge is 0.465 e. The highest BCUT2D eigenvalue weighted by atomic mass is 35.5. The number of hydrogen-bond acceptors (Lipinski definition) is 6. The third kappa shape index (κ3) is 7.98. The van der Waals surface area contributed by atoms with Gasteiger partial charge < -0.3 is 24.9 Å². The molecule has 0 spiro atoms. The van der Waals surface area contributed by atoms with Crippen LogP contribution in [0.4, 0.5) is 4.79 Å². The van der Waals surface area contributed by atoms with Gasteiger partial charge in [0.1, 0.15) is 23.7 Å². The molecule has 4 aromatic carbocycles. The fraction of sp³-hybridized carbons (Fsp3) is 0.283. The maximum absolute atomic E-state index is 14.0. The lowest BCUT2D eigenvalue weighted by Crippen LogP contribution is -2.43. The lowest BCUT2D eigenvalue weighted by molar-refractivity contribution is -0.138. The lowest BCUT2D eigenvalue weighted by Gasteiger charge is -2.32. The summed E-state index contributed by atoms with van der Waals surface area (Å²) in [5.41, 5.74) is 7.22. The molecule has 13 heteroatoms. The van der Waals surface area contributed by atoms with Crippen molar-refractivity contribution < 1.29 is 19.5 Å². The number of rotatable bonds is 11. The van der Waals surface area contributed by atoms with Gasteiger partial charge in [-0.1, -0.05) is 109 Å². The molecule has 6 aromatic rings. The summed E-state index contributed by atoms with van der Waals surface area (Å²) in [6.07, 6.45) is 5.71. The predicted octanol–water partition coefficient (Wildman–Crippen LogP) is 8.77. The standard InChI is InChI=1S/C46H47ClN8O4/c1-52(2)41(34-13-7-8-14-35(34)47)45(57)55-26-10-16-39(55)43-49-28-37(51-43)32-23-19-30(20-24-32)29-17-21-31(22-18-29)36-27-48-42(50-36)38-15-9-25-54(38)44(56)40(53(3)46(58)59)33-11-5-4-6-12-33/h4-8,11-14,17-24,27-28,38-41H,9-10,15-16,25-26H2,1-3H3,(H,48,50)(H,49,51)(H,58,59)/t38-,39-,40+,41+/m0/s1. The Labute approximate surface area is 348 Å². The first-order valence-electron chi connectivity index (χ1n) is 19.9. The van der Waals surface area contributed by atoms with Gasteiger partial charge in [-0.15, -0.1) is 0 Å². The van der Waals surface area contributed by atoms with E-state index in [-0.39, 0.29) is 23.9 Å². The number of amides is 3. The van der Waals surface area contributed by atoms with Crippen molar-refractivity contribution in [2.75, 3.05) is 34.2 Å². The summed E-state index contributed by atoms with van der Waals surface area (Å²) in [4.78, 5) is 63.1. The molecule has 3 amide bonds. The third-order valence-corrected chi connectivity index (χ3v) is 12.0. The maximum Gasteiger partial charge on any atom is 0.407 e. The first-order valence-corrected chi connectivity index (χ1v) is 20.3. The van der Waals surface area contributed by atoms with Crippen LogP contribution >= 0.6 is 11.6 Å². The van der Waals surface area contributed by atoms with Crippen molar-refractivity contribution in [1.82, 2.24) is 39.5 Å². The molecule has 0 saturated carbocycles. The van der Waals surface area contributed by atoms with Crippen LogP contribution in [0.3, 0.4) is 0 Å². The van der Waals surface area contributed by atoms with Gasteiger partial charge >= 0.3 is 6.09 Å². The zero-order valence-electron chi connectivity index (χ0n) is 33.3. The normalized spacial score (nSPS) is 17.6.